The molecule has 4 nitrogen and oxygen atoms in total. The van der Waals surface area contributed by atoms with Gasteiger partial charge in [-0.25, -0.2) is 12.8 Å². The number of anilines is 2. The molecule has 2 rings (SSSR count). The predicted molar refractivity (Wildman–Crippen MR) is 77.5 cm³/mol. The summed E-state index contributed by atoms with van der Waals surface area (Å²) in [4.78, 5) is -0.0769. The van der Waals surface area contributed by atoms with Gasteiger partial charge in [-0.15, -0.1) is 0 Å². The molecule has 0 unspecified atom stereocenters. The van der Waals surface area contributed by atoms with Crippen molar-refractivity contribution in [2.75, 3.05) is 10.5 Å². The highest BCUT2D eigenvalue weighted by molar-refractivity contribution is 7.92. The number of halogens is 1. The smallest absolute Gasteiger partial charge is 0.262 e. The van der Waals surface area contributed by atoms with Crippen molar-refractivity contribution in [1.82, 2.24) is 0 Å². The molecule has 0 saturated carbocycles. The number of benzene rings is 2. The first kappa shape index (κ1) is 14.3. The van der Waals surface area contributed by atoms with Crippen LogP contribution in [0.3, 0.4) is 0 Å². The molecule has 2 aromatic rings. The molecule has 0 aromatic heterocycles. The van der Waals surface area contributed by atoms with Crippen LogP contribution in [0.15, 0.2) is 41.3 Å². The molecule has 0 spiro atoms. The highest BCUT2D eigenvalue weighted by atomic mass is 32.2. The van der Waals surface area contributed by atoms with Crippen LogP contribution in [-0.2, 0) is 10.0 Å². The van der Waals surface area contributed by atoms with E-state index in [1.165, 1.54) is 12.1 Å². The highest BCUT2D eigenvalue weighted by Crippen LogP contribution is 2.22. The van der Waals surface area contributed by atoms with Crippen LogP contribution in [0.5, 0.6) is 0 Å². The molecule has 0 aliphatic rings. The van der Waals surface area contributed by atoms with Gasteiger partial charge in [0.15, 0.2) is 0 Å². The Kier molecular flexibility index (Phi) is 3.67. The van der Waals surface area contributed by atoms with Gasteiger partial charge in [-0.3, -0.25) is 4.72 Å². The zero-order valence-electron chi connectivity index (χ0n) is 11.1. The largest absolute Gasteiger partial charge is 0.399 e. The minimum absolute atomic E-state index is 0.0769. The number of nitrogens with one attached hydrogen (secondary N) is 1. The fourth-order valence-electron chi connectivity index (χ4n) is 1.81. The van der Waals surface area contributed by atoms with Gasteiger partial charge in [0.25, 0.3) is 10.0 Å². The van der Waals surface area contributed by atoms with E-state index in [0.717, 1.165) is 11.6 Å². The summed E-state index contributed by atoms with van der Waals surface area (Å²) in [5.74, 6) is -0.593. The van der Waals surface area contributed by atoms with Gasteiger partial charge in [0.05, 0.1) is 4.90 Å². The minimum Gasteiger partial charge on any atom is -0.399 e. The van der Waals surface area contributed by atoms with E-state index in [4.69, 9.17) is 5.73 Å². The first-order valence-corrected chi connectivity index (χ1v) is 7.43. The Labute approximate surface area is 117 Å². The van der Waals surface area contributed by atoms with Crippen molar-refractivity contribution in [2.24, 2.45) is 0 Å². The third-order valence-electron chi connectivity index (χ3n) is 2.96. The number of sulfonamides is 1. The Balaban J connectivity index is 2.40. The Morgan fingerprint density at radius 1 is 1.05 bits per heavy atom. The zero-order valence-corrected chi connectivity index (χ0v) is 12.0. The lowest BCUT2D eigenvalue weighted by Crippen LogP contribution is -2.14. The van der Waals surface area contributed by atoms with Crippen LogP contribution in [0.25, 0.3) is 0 Å². The maximum atomic E-state index is 13.2. The Bertz CT molecular complexity index is 758. The van der Waals surface area contributed by atoms with Crippen LogP contribution in [0.1, 0.15) is 11.1 Å². The van der Waals surface area contributed by atoms with Crippen molar-refractivity contribution in [1.29, 1.82) is 0 Å². The van der Waals surface area contributed by atoms with Crippen LogP contribution in [0.4, 0.5) is 15.8 Å². The van der Waals surface area contributed by atoms with Crippen LogP contribution in [0.2, 0.25) is 0 Å². The Morgan fingerprint density at radius 2 is 1.75 bits per heavy atom. The number of hydrogen-bond donors (Lipinski definition) is 2. The normalized spacial score (nSPS) is 11.3. The van der Waals surface area contributed by atoms with E-state index in [1.807, 2.05) is 0 Å². The average molecular weight is 294 g/mol. The fourth-order valence-corrected chi connectivity index (χ4v) is 3.12. The van der Waals surface area contributed by atoms with Crippen molar-refractivity contribution in [3.63, 3.8) is 0 Å². The van der Waals surface area contributed by atoms with Crippen LogP contribution < -0.4 is 10.5 Å². The number of hydrogen-bond acceptors (Lipinski definition) is 3. The molecule has 0 heterocycles. The molecule has 3 N–H and O–H groups in total. The quantitative estimate of drug-likeness (QED) is 0.855. The molecule has 0 aliphatic carbocycles. The van der Waals surface area contributed by atoms with E-state index in [9.17, 15) is 12.8 Å². The lowest BCUT2D eigenvalue weighted by atomic mass is 10.2. The van der Waals surface area contributed by atoms with Gasteiger partial charge in [-0.1, -0.05) is 6.07 Å². The first-order valence-electron chi connectivity index (χ1n) is 5.95. The van der Waals surface area contributed by atoms with Gasteiger partial charge < -0.3 is 5.73 Å². The molecule has 106 valence electrons. The molecule has 0 aliphatic heterocycles. The van der Waals surface area contributed by atoms with Crippen LogP contribution in [0, 0.1) is 19.7 Å². The maximum Gasteiger partial charge on any atom is 0.262 e. The van der Waals surface area contributed by atoms with Crippen LogP contribution in [-0.4, -0.2) is 8.42 Å². The molecule has 2 aromatic carbocycles. The zero-order chi connectivity index (χ0) is 14.9. The van der Waals surface area contributed by atoms with Crippen molar-refractivity contribution >= 4 is 21.4 Å². The summed E-state index contributed by atoms with van der Waals surface area (Å²) in [6.45, 7) is 3.39. The van der Waals surface area contributed by atoms with Gasteiger partial charge in [0.2, 0.25) is 0 Å². The number of rotatable bonds is 3. The van der Waals surface area contributed by atoms with Crippen molar-refractivity contribution in [3.05, 3.63) is 53.3 Å². The lowest BCUT2D eigenvalue weighted by Gasteiger charge is -2.11. The van der Waals surface area contributed by atoms with E-state index < -0.39 is 15.8 Å². The number of nitrogen functional groups attached to an aromatic ring is 1. The summed E-state index contributed by atoms with van der Waals surface area (Å²) in [6.07, 6.45) is 0. The van der Waals surface area contributed by atoms with Crippen LogP contribution >= 0.6 is 0 Å². The summed E-state index contributed by atoms with van der Waals surface area (Å²) in [7, 11) is -3.83. The second-order valence-corrected chi connectivity index (χ2v) is 6.24. The highest BCUT2D eigenvalue weighted by Gasteiger charge is 2.18. The van der Waals surface area contributed by atoms with Gasteiger partial charge in [-0.05, 0) is 55.3 Å². The third kappa shape index (κ3) is 2.91. The number of nitrogens with two attached hydrogens (primary N) is 1. The molecule has 0 fully saturated rings. The molecule has 0 bridgehead atoms. The fraction of sp³-hybridized carbons (Fsp3) is 0.143. The molecule has 6 heteroatoms. The average Bonchev–Trinajstić information content (AvgIpc) is 2.36. The minimum atomic E-state index is -3.83. The summed E-state index contributed by atoms with van der Waals surface area (Å²) in [5, 5.41) is 0. The van der Waals surface area contributed by atoms with E-state index in [1.54, 1.807) is 32.0 Å². The standard InChI is InChI=1S/C14H15FN2O2S/c1-9-3-4-11(15)8-14(9)20(18,19)17-12-5-6-13(16)10(2)7-12/h3-8,17H,16H2,1-2H3. The van der Waals surface area contributed by atoms with Gasteiger partial charge in [0, 0.05) is 11.4 Å². The molecule has 20 heavy (non-hydrogen) atoms. The van der Waals surface area contributed by atoms with E-state index >= 15 is 0 Å². The predicted octanol–water partition coefficient (Wildman–Crippen LogP) is 2.83. The topological polar surface area (TPSA) is 72.2 Å². The SMILES string of the molecule is Cc1cc(NS(=O)(=O)c2cc(F)ccc2C)ccc1N. The van der Waals surface area contributed by atoms with Gasteiger partial charge in [-0.2, -0.15) is 0 Å². The molecular weight excluding hydrogens is 279 g/mol. The summed E-state index contributed by atoms with van der Waals surface area (Å²) < 4.78 is 40.2. The van der Waals surface area contributed by atoms with Crippen molar-refractivity contribution in [2.45, 2.75) is 18.7 Å². The van der Waals surface area contributed by atoms with Gasteiger partial charge in [0.1, 0.15) is 5.82 Å². The van der Waals surface area contributed by atoms with Crippen molar-refractivity contribution in [3.8, 4) is 0 Å². The number of aryl methyl sites for hydroxylation is 2. The third-order valence-corrected chi connectivity index (χ3v) is 4.49. The second-order valence-electron chi connectivity index (χ2n) is 4.59. The molecule has 0 amide bonds. The van der Waals surface area contributed by atoms with Crippen molar-refractivity contribution < 1.29 is 12.8 Å². The van der Waals surface area contributed by atoms with E-state index in [-0.39, 0.29) is 4.90 Å². The lowest BCUT2D eigenvalue weighted by molar-refractivity contribution is 0.594. The van der Waals surface area contributed by atoms with Gasteiger partial charge >= 0.3 is 0 Å². The Hall–Kier alpha value is -2.08. The molecule has 0 atom stereocenters. The second kappa shape index (κ2) is 5.13. The molecular formula is C14H15FN2O2S. The molecule has 0 saturated heterocycles. The summed E-state index contributed by atoms with van der Waals surface area (Å²) in [5.41, 5.74) is 7.89. The first-order chi connectivity index (χ1) is 9.29. The maximum absolute atomic E-state index is 13.2. The summed E-state index contributed by atoms with van der Waals surface area (Å²) in [6, 6.07) is 8.46. The van der Waals surface area contributed by atoms with E-state index in [2.05, 4.69) is 4.72 Å². The summed E-state index contributed by atoms with van der Waals surface area (Å²) >= 11 is 0. The molecule has 0 radical (unpaired) electrons. The Morgan fingerprint density at radius 3 is 2.40 bits per heavy atom. The monoisotopic (exact) mass is 294 g/mol. The van der Waals surface area contributed by atoms with E-state index in [0.29, 0.717) is 16.9 Å².